The van der Waals surface area contributed by atoms with E-state index < -0.39 is 9.84 Å². The molecular weight excluding hydrogens is 330 g/mol. The molecule has 1 aliphatic heterocycles. The number of anilines is 1. The molecule has 23 heavy (non-hydrogen) atoms. The van der Waals surface area contributed by atoms with Crippen LogP contribution in [0.25, 0.3) is 0 Å². The maximum Gasteiger partial charge on any atom is 0.236 e. The number of sulfone groups is 1. The molecule has 2 rings (SSSR count). The van der Waals surface area contributed by atoms with Gasteiger partial charge in [-0.2, -0.15) is 0 Å². The average Bonchev–Trinajstić information content (AvgIpc) is 2.82. The van der Waals surface area contributed by atoms with Gasteiger partial charge in [0.25, 0.3) is 0 Å². The van der Waals surface area contributed by atoms with E-state index in [1.165, 1.54) is 17.3 Å². The van der Waals surface area contributed by atoms with Crippen molar-refractivity contribution in [1.82, 2.24) is 0 Å². The minimum absolute atomic E-state index is 0.00260. The van der Waals surface area contributed by atoms with Gasteiger partial charge in [0.05, 0.1) is 17.3 Å². The third-order valence-corrected chi connectivity index (χ3v) is 7.39. The van der Waals surface area contributed by atoms with Crippen LogP contribution in [0.2, 0.25) is 0 Å². The summed E-state index contributed by atoms with van der Waals surface area (Å²) in [5, 5.41) is 0.0561. The fourth-order valence-corrected chi connectivity index (χ4v) is 6.06. The monoisotopic (exact) mass is 355 g/mol. The summed E-state index contributed by atoms with van der Waals surface area (Å²) in [5.41, 5.74) is 2.18. The number of thioether (sulfide) groups is 1. The number of nitrogens with zero attached hydrogens (tertiary/aromatic N) is 1. The van der Waals surface area contributed by atoms with Crippen molar-refractivity contribution in [2.24, 2.45) is 0 Å². The first kappa shape index (κ1) is 18.3. The Morgan fingerprint density at radius 1 is 1.26 bits per heavy atom. The smallest absolute Gasteiger partial charge is 0.236 e. The van der Waals surface area contributed by atoms with E-state index in [0.29, 0.717) is 12.2 Å². The fourth-order valence-electron chi connectivity index (χ4n) is 2.51. The van der Waals surface area contributed by atoms with Gasteiger partial charge in [-0.1, -0.05) is 32.9 Å². The van der Waals surface area contributed by atoms with E-state index in [2.05, 4.69) is 32.9 Å². The van der Waals surface area contributed by atoms with Crippen molar-refractivity contribution < 1.29 is 13.2 Å². The lowest BCUT2D eigenvalue weighted by atomic mass is 9.87. The summed E-state index contributed by atoms with van der Waals surface area (Å²) in [6, 6.07) is 8.03. The van der Waals surface area contributed by atoms with Crippen LogP contribution in [0, 0.1) is 0 Å². The summed E-state index contributed by atoms with van der Waals surface area (Å²) in [4.78, 5) is 13.9. The van der Waals surface area contributed by atoms with Gasteiger partial charge in [0.1, 0.15) is 0 Å². The lowest BCUT2D eigenvalue weighted by Gasteiger charge is -2.22. The van der Waals surface area contributed by atoms with Gasteiger partial charge in [-0.05, 0) is 29.5 Å². The van der Waals surface area contributed by atoms with Crippen molar-refractivity contribution in [3.63, 3.8) is 0 Å². The third-order valence-electron chi connectivity index (χ3n) is 4.13. The first-order chi connectivity index (χ1) is 10.6. The number of hydrogen-bond acceptors (Lipinski definition) is 4. The molecule has 1 heterocycles. The number of rotatable bonds is 4. The Morgan fingerprint density at radius 2 is 1.87 bits per heavy atom. The summed E-state index contributed by atoms with van der Waals surface area (Å²) < 4.78 is 22.9. The Balaban J connectivity index is 1.92. The molecule has 6 heteroatoms. The largest absolute Gasteiger partial charge is 0.315 e. The van der Waals surface area contributed by atoms with Crippen molar-refractivity contribution >= 4 is 33.2 Å². The summed E-state index contributed by atoms with van der Waals surface area (Å²) in [7, 11) is -1.12. The zero-order valence-electron chi connectivity index (χ0n) is 14.2. The van der Waals surface area contributed by atoms with Crippen LogP contribution in [0.5, 0.6) is 0 Å². The van der Waals surface area contributed by atoms with Crippen LogP contribution in [0.15, 0.2) is 24.3 Å². The molecule has 1 fully saturated rings. The summed E-state index contributed by atoms with van der Waals surface area (Å²) in [6.07, 6.45) is 0.657. The zero-order valence-corrected chi connectivity index (χ0v) is 15.8. The highest BCUT2D eigenvalue weighted by molar-refractivity contribution is 8.02. The van der Waals surface area contributed by atoms with E-state index in [-0.39, 0.29) is 28.1 Å². The molecule has 0 aromatic heterocycles. The number of carbonyl (C=O) groups is 1. The maximum absolute atomic E-state index is 12.3. The molecule has 1 unspecified atom stereocenters. The van der Waals surface area contributed by atoms with Gasteiger partial charge in [-0.15, -0.1) is 11.8 Å². The van der Waals surface area contributed by atoms with E-state index in [0.717, 1.165) is 5.69 Å². The van der Waals surface area contributed by atoms with E-state index in [1.54, 1.807) is 11.9 Å². The lowest BCUT2D eigenvalue weighted by Crippen LogP contribution is -2.29. The number of amides is 1. The minimum atomic E-state index is -2.88. The molecule has 0 bridgehead atoms. The highest BCUT2D eigenvalue weighted by Gasteiger charge is 2.29. The topological polar surface area (TPSA) is 54.5 Å². The van der Waals surface area contributed by atoms with Gasteiger partial charge in [0, 0.05) is 18.0 Å². The fraction of sp³-hybridized carbons (Fsp3) is 0.588. The number of benzene rings is 1. The van der Waals surface area contributed by atoms with E-state index in [1.807, 2.05) is 12.1 Å². The van der Waals surface area contributed by atoms with E-state index >= 15 is 0 Å². The van der Waals surface area contributed by atoms with Crippen molar-refractivity contribution in [2.45, 2.75) is 37.9 Å². The van der Waals surface area contributed by atoms with Crippen molar-refractivity contribution in [3.8, 4) is 0 Å². The van der Waals surface area contributed by atoms with Crippen LogP contribution in [0.1, 0.15) is 32.8 Å². The molecule has 0 aliphatic carbocycles. The predicted octanol–water partition coefficient (Wildman–Crippen LogP) is 2.87. The second kappa shape index (κ2) is 6.85. The Kier molecular flexibility index (Phi) is 5.46. The molecule has 1 aromatic carbocycles. The molecule has 1 aromatic rings. The quantitative estimate of drug-likeness (QED) is 0.833. The normalized spacial score (nSPS) is 20.4. The molecule has 1 amide bonds. The van der Waals surface area contributed by atoms with Gasteiger partial charge in [-0.25, -0.2) is 8.42 Å². The first-order valence-electron chi connectivity index (χ1n) is 7.78. The average molecular weight is 356 g/mol. The van der Waals surface area contributed by atoms with Gasteiger partial charge >= 0.3 is 0 Å². The van der Waals surface area contributed by atoms with Gasteiger partial charge < -0.3 is 4.90 Å². The Bertz CT molecular complexity index is 660. The number of hydrogen-bond donors (Lipinski definition) is 0. The second-order valence-corrected chi connectivity index (χ2v) is 10.6. The Morgan fingerprint density at radius 3 is 2.35 bits per heavy atom. The maximum atomic E-state index is 12.3. The van der Waals surface area contributed by atoms with Crippen LogP contribution in [0.4, 0.5) is 5.69 Å². The van der Waals surface area contributed by atoms with Gasteiger partial charge in [0.2, 0.25) is 5.91 Å². The molecule has 1 atom stereocenters. The summed E-state index contributed by atoms with van der Waals surface area (Å²) in [6.45, 7) is 6.47. The molecule has 0 radical (unpaired) electrons. The molecular formula is C17H25NO3S2. The van der Waals surface area contributed by atoms with Crippen LogP contribution in [-0.2, 0) is 20.0 Å². The SMILES string of the molecule is CN(C(=O)CSC1CCS(=O)(=O)C1)c1ccc(C(C)(C)C)cc1. The highest BCUT2D eigenvalue weighted by Crippen LogP contribution is 2.27. The Hall–Kier alpha value is -1.01. The van der Waals surface area contributed by atoms with E-state index in [9.17, 15) is 13.2 Å². The van der Waals surface area contributed by atoms with Crippen molar-refractivity contribution in [3.05, 3.63) is 29.8 Å². The number of carbonyl (C=O) groups excluding carboxylic acids is 1. The van der Waals surface area contributed by atoms with Crippen molar-refractivity contribution in [1.29, 1.82) is 0 Å². The molecule has 0 N–H and O–H groups in total. The molecule has 4 nitrogen and oxygen atoms in total. The van der Waals surface area contributed by atoms with Crippen LogP contribution in [0.3, 0.4) is 0 Å². The zero-order chi connectivity index (χ0) is 17.3. The van der Waals surface area contributed by atoms with Crippen LogP contribution >= 0.6 is 11.8 Å². The second-order valence-electron chi connectivity index (χ2n) is 7.09. The molecule has 1 saturated heterocycles. The first-order valence-corrected chi connectivity index (χ1v) is 10.6. The van der Waals surface area contributed by atoms with Crippen LogP contribution < -0.4 is 4.90 Å². The molecule has 0 spiro atoms. The van der Waals surface area contributed by atoms with Crippen LogP contribution in [-0.4, -0.2) is 43.9 Å². The van der Waals surface area contributed by atoms with Gasteiger partial charge in [0.15, 0.2) is 9.84 Å². The predicted molar refractivity (Wildman–Crippen MR) is 98.1 cm³/mol. The minimum Gasteiger partial charge on any atom is -0.315 e. The standard InChI is InChI=1S/C17H25NO3S2/c1-17(2,3)13-5-7-14(8-6-13)18(4)16(19)11-22-15-9-10-23(20,21)12-15/h5-8,15H,9-12H2,1-4H3. The lowest BCUT2D eigenvalue weighted by molar-refractivity contribution is -0.115. The third kappa shape index (κ3) is 4.98. The Labute approximate surface area is 143 Å². The van der Waals surface area contributed by atoms with Gasteiger partial charge in [-0.3, -0.25) is 4.79 Å². The summed E-state index contributed by atoms with van der Waals surface area (Å²) in [5.74, 6) is 0.776. The summed E-state index contributed by atoms with van der Waals surface area (Å²) >= 11 is 1.45. The highest BCUT2D eigenvalue weighted by atomic mass is 32.2. The van der Waals surface area contributed by atoms with E-state index in [4.69, 9.17) is 0 Å². The molecule has 1 aliphatic rings. The molecule has 0 saturated carbocycles. The molecule has 128 valence electrons. The van der Waals surface area contributed by atoms with Crippen molar-refractivity contribution in [2.75, 3.05) is 29.2 Å².